The molecule has 0 bridgehead atoms. The molecular formula is C27H33N. The van der Waals surface area contributed by atoms with Gasteiger partial charge in [0.15, 0.2) is 0 Å². The van der Waals surface area contributed by atoms with Crippen LogP contribution in [-0.2, 0) is 10.8 Å². The summed E-state index contributed by atoms with van der Waals surface area (Å²) in [6.07, 6.45) is 0. The molecule has 0 aromatic heterocycles. The van der Waals surface area contributed by atoms with Crippen molar-refractivity contribution in [3.05, 3.63) is 83.4 Å². The van der Waals surface area contributed by atoms with E-state index in [2.05, 4.69) is 121 Å². The van der Waals surface area contributed by atoms with Crippen molar-refractivity contribution in [1.29, 1.82) is 0 Å². The van der Waals surface area contributed by atoms with E-state index in [4.69, 9.17) is 0 Å². The van der Waals surface area contributed by atoms with Gasteiger partial charge in [0.2, 0.25) is 0 Å². The Labute approximate surface area is 170 Å². The zero-order valence-corrected chi connectivity index (χ0v) is 18.4. The molecule has 0 fully saturated rings. The standard InChI is InChI=1S/C27H33N/c1-19-9-8-10-20(17-19)24-18-22(27(5,6)7)13-16-25(24)28-23-14-11-21(12-15-23)26(2,3)4/h8-18,28H,1-7H3. The Morgan fingerprint density at radius 1 is 0.643 bits per heavy atom. The van der Waals surface area contributed by atoms with E-state index >= 15 is 0 Å². The Kier molecular flexibility index (Phi) is 5.39. The van der Waals surface area contributed by atoms with Crippen LogP contribution in [0.1, 0.15) is 58.2 Å². The van der Waals surface area contributed by atoms with Gasteiger partial charge in [0, 0.05) is 16.9 Å². The van der Waals surface area contributed by atoms with Crippen LogP contribution < -0.4 is 5.32 Å². The molecule has 0 unspecified atom stereocenters. The number of rotatable bonds is 3. The summed E-state index contributed by atoms with van der Waals surface area (Å²) < 4.78 is 0. The van der Waals surface area contributed by atoms with E-state index in [-0.39, 0.29) is 10.8 Å². The molecule has 0 spiro atoms. The number of hydrogen-bond acceptors (Lipinski definition) is 1. The van der Waals surface area contributed by atoms with Gasteiger partial charge in [-0.05, 0) is 58.7 Å². The highest BCUT2D eigenvalue weighted by Crippen LogP contribution is 2.35. The summed E-state index contributed by atoms with van der Waals surface area (Å²) in [6.45, 7) is 15.7. The Morgan fingerprint density at radius 2 is 1.25 bits per heavy atom. The largest absolute Gasteiger partial charge is 0.355 e. The average molecular weight is 372 g/mol. The first-order valence-electron chi connectivity index (χ1n) is 10.1. The maximum absolute atomic E-state index is 3.65. The Morgan fingerprint density at radius 3 is 1.82 bits per heavy atom. The molecule has 0 aliphatic heterocycles. The molecule has 1 heteroatoms. The summed E-state index contributed by atoms with van der Waals surface area (Å²) in [5.74, 6) is 0. The van der Waals surface area contributed by atoms with Crippen molar-refractivity contribution in [3.63, 3.8) is 0 Å². The minimum atomic E-state index is 0.117. The van der Waals surface area contributed by atoms with Crippen LogP contribution in [0.25, 0.3) is 11.1 Å². The number of anilines is 2. The van der Waals surface area contributed by atoms with E-state index in [1.54, 1.807) is 0 Å². The van der Waals surface area contributed by atoms with Crippen LogP contribution in [0, 0.1) is 6.92 Å². The first-order chi connectivity index (χ1) is 13.0. The fourth-order valence-electron chi connectivity index (χ4n) is 3.38. The van der Waals surface area contributed by atoms with Gasteiger partial charge in [0.05, 0.1) is 0 Å². The van der Waals surface area contributed by atoms with Crippen molar-refractivity contribution in [2.75, 3.05) is 5.32 Å². The molecular weight excluding hydrogens is 338 g/mol. The predicted octanol–water partition coefficient (Wildman–Crippen LogP) is 8.00. The van der Waals surface area contributed by atoms with Crippen LogP contribution >= 0.6 is 0 Å². The molecule has 0 saturated carbocycles. The SMILES string of the molecule is Cc1cccc(-c2cc(C(C)(C)C)ccc2Nc2ccc(C(C)(C)C)cc2)c1. The van der Waals surface area contributed by atoms with Gasteiger partial charge in [0.1, 0.15) is 0 Å². The van der Waals surface area contributed by atoms with Crippen molar-refractivity contribution in [3.8, 4) is 11.1 Å². The van der Waals surface area contributed by atoms with Crippen LogP contribution in [0.2, 0.25) is 0 Å². The summed E-state index contributed by atoms with van der Waals surface area (Å²) in [6, 6.07) is 24.3. The van der Waals surface area contributed by atoms with Crippen LogP contribution in [0.4, 0.5) is 11.4 Å². The Hall–Kier alpha value is -2.54. The minimum Gasteiger partial charge on any atom is -0.355 e. The molecule has 3 rings (SSSR count). The van der Waals surface area contributed by atoms with E-state index in [1.807, 2.05) is 0 Å². The molecule has 1 nitrogen and oxygen atoms in total. The lowest BCUT2D eigenvalue weighted by atomic mass is 9.84. The highest BCUT2D eigenvalue weighted by Gasteiger charge is 2.17. The minimum absolute atomic E-state index is 0.117. The highest BCUT2D eigenvalue weighted by molar-refractivity contribution is 5.82. The van der Waals surface area contributed by atoms with Crippen LogP contribution in [0.3, 0.4) is 0 Å². The summed E-state index contributed by atoms with van der Waals surface area (Å²) in [5, 5.41) is 3.65. The second-order valence-corrected chi connectivity index (χ2v) is 9.83. The molecule has 0 amide bonds. The van der Waals surface area contributed by atoms with Gasteiger partial charge in [0.25, 0.3) is 0 Å². The molecule has 1 N–H and O–H groups in total. The summed E-state index contributed by atoms with van der Waals surface area (Å²) in [4.78, 5) is 0. The predicted molar refractivity (Wildman–Crippen MR) is 124 cm³/mol. The summed E-state index contributed by atoms with van der Waals surface area (Å²) in [7, 11) is 0. The lowest BCUT2D eigenvalue weighted by Crippen LogP contribution is -2.11. The van der Waals surface area contributed by atoms with Gasteiger partial charge >= 0.3 is 0 Å². The lowest BCUT2D eigenvalue weighted by Gasteiger charge is -2.23. The lowest BCUT2D eigenvalue weighted by molar-refractivity contribution is 0.590. The van der Waals surface area contributed by atoms with Crippen molar-refractivity contribution in [2.45, 2.75) is 59.3 Å². The van der Waals surface area contributed by atoms with E-state index in [1.165, 1.54) is 27.8 Å². The van der Waals surface area contributed by atoms with Gasteiger partial charge in [-0.15, -0.1) is 0 Å². The van der Waals surface area contributed by atoms with E-state index in [0.717, 1.165) is 11.4 Å². The van der Waals surface area contributed by atoms with Crippen LogP contribution in [0.15, 0.2) is 66.7 Å². The molecule has 0 saturated heterocycles. The number of hydrogen-bond donors (Lipinski definition) is 1. The molecule has 0 atom stereocenters. The Balaban J connectivity index is 2.03. The number of aryl methyl sites for hydroxylation is 1. The fourth-order valence-corrected chi connectivity index (χ4v) is 3.38. The molecule has 3 aromatic rings. The van der Waals surface area contributed by atoms with Gasteiger partial charge in [-0.2, -0.15) is 0 Å². The summed E-state index contributed by atoms with van der Waals surface area (Å²) >= 11 is 0. The van der Waals surface area contributed by atoms with Crippen molar-refractivity contribution in [1.82, 2.24) is 0 Å². The number of nitrogens with one attached hydrogen (secondary N) is 1. The topological polar surface area (TPSA) is 12.0 Å². The first-order valence-corrected chi connectivity index (χ1v) is 10.1. The molecule has 28 heavy (non-hydrogen) atoms. The monoisotopic (exact) mass is 371 g/mol. The smallest absolute Gasteiger partial charge is 0.0464 e. The zero-order valence-electron chi connectivity index (χ0n) is 18.4. The van der Waals surface area contributed by atoms with Gasteiger partial charge in [-0.25, -0.2) is 0 Å². The van der Waals surface area contributed by atoms with Gasteiger partial charge in [-0.3, -0.25) is 0 Å². The third-order valence-corrected chi connectivity index (χ3v) is 5.24. The van der Waals surface area contributed by atoms with Crippen molar-refractivity contribution < 1.29 is 0 Å². The first kappa shape index (κ1) is 20.2. The van der Waals surface area contributed by atoms with Crippen molar-refractivity contribution in [2.24, 2.45) is 0 Å². The van der Waals surface area contributed by atoms with Crippen LogP contribution in [0.5, 0.6) is 0 Å². The fraction of sp³-hybridized carbons (Fsp3) is 0.333. The van der Waals surface area contributed by atoms with Crippen LogP contribution in [-0.4, -0.2) is 0 Å². The van der Waals surface area contributed by atoms with E-state index < -0.39 is 0 Å². The number of benzene rings is 3. The molecule has 0 heterocycles. The normalized spacial score (nSPS) is 12.1. The van der Waals surface area contributed by atoms with Gasteiger partial charge in [-0.1, -0.05) is 89.6 Å². The van der Waals surface area contributed by atoms with Crippen molar-refractivity contribution >= 4 is 11.4 Å². The maximum Gasteiger partial charge on any atom is 0.0464 e. The molecule has 3 aromatic carbocycles. The third kappa shape index (κ3) is 4.65. The second-order valence-electron chi connectivity index (χ2n) is 9.83. The van der Waals surface area contributed by atoms with E-state index in [0.29, 0.717) is 0 Å². The highest BCUT2D eigenvalue weighted by atomic mass is 14.9. The zero-order chi connectivity index (χ0) is 20.5. The quantitative estimate of drug-likeness (QED) is 0.492. The molecule has 146 valence electrons. The third-order valence-electron chi connectivity index (χ3n) is 5.24. The van der Waals surface area contributed by atoms with Gasteiger partial charge < -0.3 is 5.32 Å². The second kappa shape index (κ2) is 7.47. The maximum atomic E-state index is 3.65. The summed E-state index contributed by atoms with van der Waals surface area (Å²) in [5.41, 5.74) is 9.01. The average Bonchev–Trinajstić information content (AvgIpc) is 2.61. The Bertz CT molecular complexity index is 951. The molecule has 0 radical (unpaired) electrons. The van der Waals surface area contributed by atoms with E-state index in [9.17, 15) is 0 Å². The molecule has 0 aliphatic carbocycles. The molecule has 0 aliphatic rings.